The highest BCUT2D eigenvalue weighted by atomic mass is 19.4. The maximum absolute atomic E-state index is 12.5. The molecule has 0 spiro atoms. The first kappa shape index (κ1) is 12.7. The van der Waals surface area contributed by atoms with Crippen LogP contribution in [0.4, 0.5) is 13.2 Å². The Morgan fingerprint density at radius 1 is 1.06 bits per heavy atom. The van der Waals surface area contributed by atoms with Gasteiger partial charge in [0, 0.05) is 6.20 Å². The molecule has 2 nitrogen and oxygen atoms in total. The van der Waals surface area contributed by atoms with Crippen molar-refractivity contribution in [3.05, 3.63) is 46.8 Å². The second-order valence-electron chi connectivity index (χ2n) is 4.42. The fourth-order valence-electron chi connectivity index (χ4n) is 2.13. The summed E-state index contributed by atoms with van der Waals surface area (Å²) >= 11 is 0. The van der Waals surface area contributed by atoms with Crippen molar-refractivity contribution < 1.29 is 13.2 Å². The van der Waals surface area contributed by atoms with Gasteiger partial charge in [-0.15, -0.1) is 0 Å². The van der Waals surface area contributed by atoms with Crippen LogP contribution in [0.15, 0.2) is 24.5 Å². The summed E-state index contributed by atoms with van der Waals surface area (Å²) < 4.78 is 38.9. The summed E-state index contributed by atoms with van der Waals surface area (Å²) in [5.41, 5.74) is 2.86. The van der Waals surface area contributed by atoms with Crippen molar-refractivity contribution in [2.45, 2.75) is 26.9 Å². The van der Waals surface area contributed by atoms with E-state index in [1.807, 2.05) is 32.9 Å². The summed E-state index contributed by atoms with van der Waals surface area (Å²) in [7, 11) is 0. The summed E-state index contributed by atoms with van der Waals surface area (Å²) in [5, 5.41) is 3.80. The first-order chi connectivity index (χ1) is 8.29. The Balaban J connectivity index is 2.53. The second-order valence-corrected chi connectivity index (χ2v) is 4.42. The number of benzene rings is 1. The molecule has 0 aliphatic rings. The summed E-state index contributed by atoms with van der Waals surface area (Å²) in [6, 6.07) is 3.86. The molecular weight excluding hydrogens is 241 g/mol. The van der Waals surface area contributed by atoms with Crippen LogP contribution in [0, 0.1) is 20.8 Å². The molecule has 1 aromatic carbocycles. The Bertz CT molecular complexity index is 559. The van der Waals surface area contributed by atoms with Crippen LogP contribution in [0.5, 0.6) is 0 Å². The molecule has 0 aliphatic heterocycles. The van der Waals surface area contributed by atoms with E-state index in [2.05, 4.69) is 5.10 Å². The smallest absolute Gasteiger partial charge is 0.240 e. The average Bonchev–Trinajstić information content (AvgIpc) is 2.64. The standard InChI is InChI=1S/C13H13F3N2/c1-8-4-9(2)12(10(3)5-8)18-7-11(6-17-18)13(14,15)16/h4-7H,1-3H3. The molecule has 0 atom stereocenters. The fourth-order valence-corrected chi connectivity index (χ4v) is 2.13. The number of hydrogen-bond acceptors (Lipinski definition) is 1. The molecule has 2 rings (SSSR count). The van der Waals surface area contributed by atoms with Gasteiger partial charge >= 0.3 is 6.18 Å². The van der Waals surface area contributed by atoms with E-state index in [0.29, 0.717) is 5.69 Å². The van der Waals surface area contributed by atoms with Crippen molar-refractivity contribution in [1.82, 2.24) is 9.78 Å². The molecule has 1 heterocycles. The topological polar surface area (TPSA) is 17.8 Å². The minimum absolute atomic E-state index is 0.705. The van der Waals surface area contributed by atoms with Gasteiger partial charge < -0.3 is 0 Å². The molecule has 0 N–H and O–H groups in total. The molecule has 0 radical (unpaired) electrons. The van der Waals surface area contributed by atoms with Crippen molar-refractivity contribution in [3.8, 4) is 5.69 Å². The third kappa shape index (κ3) is 2.25. The van der Waals surface area contributed by atoms with Crippen LogP contribution >= 0.6 is 0 Å². The Kier molecular flexibility index (Phi) is 2.92. The number of aromatic nitrogens is 2. The van der Waals surface area contributed by atoms with E-state index in [0.717, 1.165) is 29.1 Å². The molecule has 0 saturated carbocycles. The number of halogens is 3. The minimum Gasteiger partial charge on any atom is -0.240 e. The summed E-state index contributed by atoms with van der Waals surface area (Å²) in [5.74, 6) is 0. The van der Waals surface area contributed by atoms with Crippen LogP contribution in [0.3, 0.4) is 0 Å². The van der Waals surface area contributed by atoms with E-state index in [4.69, 9.17) is 0 Å². The lowest BCUT2D eigenvalue weighted by atomic mass is 10.1. The van der Waals surface area contributed by atoms with Crippen LogP contribution in [-0.2, 0) is 6.18 Å². The van der Waals surface area contributed by atoms with Crippen LogP contribution in [-0.4, -0.2) is 9.78 Å². The predicted octanol–water partition coefficient (Wildman–Crippen LogP) is 3.82. The second kappa shape index (κ2) is 4.15. The minimum atomic E-state index is -4.36. The Hall–Kier alpha value is -1.78. The number of nitrogens with zero attached hydrogens (tertiary/aromatic N) is 2. The normalized spacial score (nSPS) is 11.9. The summed E-state index contributed by atoms with van der Waals surface area (Å²) in [4.78, 5) is 0. The SMILES string of the molecule is Cc1cc(C)c(-n2cc(C(F)(F)F)cn2)c(C)c1. The van der Waals surface area contributed by atoms with Gasteiger partial charge in [-0.25, -0.2) is 4.68 Å². The average molecular weight is 254 g/mol. The highest BCUT2D eigenvalue weighted by molar-refractivity contribution is 5.48. The molecule has 0 bridgehead atoms. The van der Waals surface area contributed by atoms with Gasteiger partial charge in [-0.2, -0.15) is 18.3 Å². The van der Waals surface area contributed by atoms with Crippen molar-refractivity contribution in [2.24, 2.45) is 0 Å². The maximum atomic E-state index is 12.5. The van der Waals surface area contributed by atoms with E-state index >= 15 is 0 Å². The van der Waals surface area contributed by atoms with Crippen LogP contribution in [0.25, 0.3) is 5.69 Å². The molecular formula is C13H13F3N2. The van der Waals surface area contributed by atoms with E-state index in [-0.39, 0.29) is 0 Å². The van der Waals surface area contributed by atoms with Crippen LogP contribution < -0.4 is 0 Å². The van der Waals surface area contributed by atoms with Gasteiger partial charge in [0.05, 0.1) is 17.4 Å². The molecule has 0 fully saturated rings. The molecule has 0 saturated heterocycles. The van der Waals surface area contributed by atoms with Crippen molar-refractivity contribution in [1.29, 1.82) is 0 Å². The lowest BCUT2D eigenvalue weighted by molar-refractivity contribution is -0.137. The Morgan fingerprint density at radius 3 is 2.06 bits per heavy atom. The molecule has 1 aromatic heterocycles. The number of alkyl halides is 3. The predicted molar refractivity (Wildman–Crippen MR) is 62.8 cm³/mol. The Labute approximate surface area is 103 Å². The largest absolute Gasteiger partial charge is 0.419 e. The van der Waals surface area contributed by atoms with Gasteiger partial charge in [-0.1, -0.05) is 17.7 Å². The first-order valence-electron chi connectivity index (χ1n) is 5.49. The molecule has 18 heavy (non-hydrogen) atoms. The van der Waals surface area contributed by atoms with E-state index < -0.39 is 11.7 Å². The zero-order valence-electron chi connectivity index (χ0n) is 10.3. The van der Waals surface area contributed by atoms with Crippen molar-refractivity contribution >= 4 is 0 Å². The highest BCUT2D eigenvalue weighted by Gasteiger charge is 2.32. The zero-order chi connectivity index (χ0) is 13.5. The summed E-state index contributed by atoms with van der Waals surface area (Å²) in [6.07, 6.45) is -2.49. The van der Waals surface area contributed by atoms with Crippen LogP contribution in [0.2, 0.25) is 0 Å². The number of aryl methyl sites for hydroxylation is 3. The van der Waals surface area contributed by atoms with Gasteiger partial charge in [0.25, 0.3) is 0 Å². The maximum Gasteiger partial charge on any atom is 0.419 e. The van der Waals surface area contributed by atoms with Gasteiger partial charge in [0.2, 0.25) is 0 Å². The third-order valence-corrected chi connectivity index (χ3v) is 2.77. The molecule has 2 aromatic rings. The van der Waals surface area contributed by atoms with E-state index in [1.54, 1.807) is 0 Å². The van der Waals surface area contributed by atoms with Crippen LogP contribution in [0.1, 0.15) is 22.3 Å². The molecule has 0 unspecified atom stereocenters. The zero-order valence-corrected chi connectivity index (χ0v) is 10.3. The quantitative estimate of drug-likeness (QED) is 0.756. The Morgan fingerprint density at radius 2 is 1.61 bits per heavy atom. The third-order valence-electron chi connectivity index (χ3n) is 2.77. The molecule has 5 heteroatoms. The molecule has 96 valence electrons. The lowest BCUT2D eigenvalue weighted by Crippen LogP contribution is -2.04. The van der Waals surface area contributed by atoms with E-state index in [1.165, 1.54) is 4.68 Å². The van der Waals surface area contributed by atoms with Crippen molar-refractivity contribution in [2.75, 3.05) is 0 Å². The van der Waals surface area contributed by atoms with Gasteiger partial charge in [-0.3, -0.25) is 0 Å². The monoisotopic (exact) mass is 254 g/mol. The summed E-state index contributed by atoms with van der Waals surface area (Å²) in [6.45, 7) is 5.68. The van der Waals surface area contributed by atoms with Crippen molar-refractivity contribution in [3.63, 3.8) is 0 Å². The first-order valence-corrected chi connectivity index (χ1v) is 5.49. The lowest BCUT2D eigenvalue weighted by Gasteiger charge is -2.11. The fraction of sp³-hybridized carbons (Fsp3) is 0.308. The molecule has 0 amide bonds. The van der Waals surface area contributed by atoms with E-state index in [9.17, 15) is 13.2 Å². The molecule has 0 aliphatic carbocycles. The van der Waals surface area contributed by atoms with Gasteiger partial charge in [-0.05, 0) is 31.9 Å². The van der Waals surface area contributed by atoms with Gasteiger partial charge in [0.1, 0.15) is 0 Å². The highest BCUT2D eigenvalue weighted by Crippen LogP contribution is 2.30. The number of rotatable bonds is 1. The van der Waals surface area contributed by atoms with Gasteiger partial charge in [0.15, 0.2) is 0 Å². The number of hydrogen-bond donors (Lipinski definition) is 0.